The molecule has 0 saturated heterocycles. The fraction of sp³-hybridized carbons (Fsp3) is 0.846. The summed E-state index contributed by atoms with van der Waals surface area (Å²) in [6.07, 6.45) is 5.11. The summed E-state index contributed by atoms with van der Waals surface area (Å²) in [7, 11) is 0. The third-order valence-electron chi connectivity index (χ3n) is 2.96. The van der Waals surface area contributed by atoms with Gasteiger partial charge in [-0.05, 0) is 39.7 Å². The van der Waals surface area contributed by atoms with E-state index in [1.54, 1.807) is 0 Å². The lowest BCUT2D eigenvalue weighted by Crippen LogP contribution is -2.50. The molecule has 0 fully saturated rings. The second-order valence-corrected chi connectivity index (χ2v) is 4.13. The molecule has 0 aliphatic carbocycles. The fourth-order valence-electron chi connectivity index (χ4n) is 1.81. The SMILES string of the molecule is C=CCC(NCCC)C(C)(CC)OCC. The summed E-state index contributed by atoms with van der Waals surface area (Å²) >= 11 is 0. The first kappa shape index (κ1) is 14.7. The maximum absolute atomic E-state index is 5.88. The number of rotatable bonds is 9. The number of hydrogen-bond acceptors (Lipinski definition) is 2. The van der Waals surface area contributed by atoms with E-state index in [2.05, 4.69) is 39.6 Å². The Labute approximate surface area is 95.1 Å². The van der Waals surface area contributed by atoms with Crippen molar-refractivity contribution < 1.29 is 4.74 Å². The number of ether oxygens (including phenoxy) is 1. The van der Waals surface area contributed by atoms with Crippen LogP contribution in [0.3, 0.4) is 0 Å². The first-order valence-electron chi connectivity index (χ1n) is 6.12. The Morgan fingerprint density at radius 1 is 1.40 bits per heavy atom. The Bertz CT molecular complexity index is 170. The highest BCUT2D eigenvalue weighted by molar-refractivity contribution is 4.92. The van der Waals surface area contributed by atoms with Crippen LogP contribution in [0.1, 0.15) is 47.0 Å². The minimum Gasteiger partial charge on any atom is -0.374 e. The van der Waals surface area contributed by atoms with Crippen molar-refractivity contribution in [1.82, 2.24) is 5.32 Å². The van der Waals surface area contributed by atoms with Crippen molar-refractivity contribution in [3.63, 3.8) is 0 Å². The molecule has 0 aromatic rings. The van der Waals surface area contributed by atoms with Crippen LogP contribution in [0.25, 0.3) is 0 Å². The van der Waals surface area contributed by atoms with Gasteiger partial charge in [-0.15, -0.1) is 6.58 Å². The Balaban J connectivity index is 4.43. The summed E-state index contributed by atoms with van der Waals surface area (Å²) in [6.45, 7) is 14.2. The topological polar surface area (TPSA) is 21.3 Å². The molecule has 15 heavy (non-hydrogen) atoms. The summed E-state index contributed by atoms with van der Waals surface area (Å²) in [5.74, 6) is 0. The van der Waals surface area contributed by atoms with Gasteiger partial charge in [-0.3, -0.25) is 0 Å². The first-order valence-corrected chi connectivity index (χ1v) is 6.12. The van der Waals surface area contributed by atoms with Crippen LogP contribution in [-0.4, -0.2) is 24.8 Å². The van der Waals surface area contributed by atoms with Gasteiger partial charge in [-0.25, -0.2) is 0 Å². The van der Waals surface area contributed by atoms with Crippen LogP contribution in [0.5, 0.6) is 0 Å². The molecule has 0 aliphatic heterocycles. The van der Waals surface area contributed by atoms with E-state index < -0.39 is 0 Å². The first-order chi connectivity index (χ1) is 7.14. The van der Waals surface area contributed by atoms with Gasteiger partial charge in [0.25, 0.3) is 0 Å². The molecule has 2 unspecified atom stereocenters. The van der Waals surface area contributed by atoms with E-state index in [4.69, 9.17) is 4.74 Å². The largest absolute Gasteiger partial charge is 0.374 e. The Hall–Kier alpha value is -0.340. The molecule has 0 heterocycles. The average Bonchev–Trinajstić information content (AvgIpc) is 2.24. The summed E-state index contributed by atoms with van der Waals surface area (Å²) in [5, 5.41) is 3.55. The molecule has 90 valence electrons. The van der Waals surface area contributed by atoms with Crippen molar-refractivity contribution in [1.29, 1.82) is 0 Å². The number of nitrogens with one attached hydrogen (secondary N) is 1. The predicted octanol–water partition coefficient (Wildman–Crippen LogP) is 3.14. The van der Waals surface area contributed by atoms with Crippen LogP contribution in [0.2, 0.25) is 0 Å². The molecular formula is C13H27NO. The van der Waals surface area contributed by atoms with E-state index >= 15 is 0 Å². The van der Waals surface area contributed by atoms with Crippen LogP contribution >= 0.6 is 0 Å². The summed E-state index contributed by atoms with van der Waals surface area (Å²) < 4.78 is 5.88. The summed E-state index contributed by atoms with van der Waals surface area (Å²) in [6, 6.07) is 0.375. The molecule has 0 saturated carbocycles. The van der Waals surface area contributed by atoms with Crippen molar-refractivity contribution in [2.24, 2.45) is 0 Å². The molecule has 0 rings (SSSR count). The third-order valence-corrected chi connectivity index (χ3v) is 2.96. The van der Waals surface area contributed by atoms with Gasteiger partial charge >= 0.3 is 0 Å². The van der Waals surface area contributed by atoms with Gasteiger partial charge < -0.3 is 10.1 Å². The van der Waals surface area contributed by atoms with Crippen molar-refractivity contribution in [3.05, 3.63) is 12.7 Å². The van der Waals surface area contributed by atoms with Gasteiger partial charge in [-0.2, -0.15) is 0 Å². The standard InChI is InChI=1S/C13H27NO/c1-6-10-12(14-11-7-2)13(5,8-3)15-9-4/h6,12,14H,1,7-11H2,2-5H3. The maximum Gasteiger partial charge on any atom is 0.0807 e. The molecule has 0 radical (unpaired) electrons. The highest BCUT2D eigenvalue weighted by Crippen LogP contribution is 2.22. The Kier molecular flexibility index (Phi) is 7.71. The van der Waals surface area contributed by atoms with Crippen LogP contribution in [0.4, 0.5) is 0 Å². The second kappa shape index (κ2) is 7.89. The minimum absolute atomic E-state index is 0.0713. The Morgan fingerprint density at radius 2 is 2.07 bits per heavy atom. The molecule has 0 aliphatic rings. The minimum atomic E-state index is -0.0713. The van der Waals surface area contributed by atoms with E-state index in [0.29, 0.717) is 6.04 Å². The summed E-state index contributed by atoms with van der Waals surface area (Å²) in [5.41, 5.74) is -0.0713. The zero-order chi connectivity index (χ0) is 11.7. The third kappa shape index (κ3) is 4.80. The molecule has 2 atom stereocenters. The van der Waals surface area contributed by atoms with Crippen molar-refractivity contribution in [3.8, 4) is 0 Å². The smallest absolute Gasteiger partial charge is 0.0807 e. The van der Waals surface area contributed by atoms with Gasteiger partial charge in [0.1, 0.15) is 0 Å². The van der Waals surface area contributed by atoms with Gasteiger partial charge in [-0.1, -0.05) is 19.9 Å². The van der Waals surface area contributed by atoms with Crippen LogP contribution in [-0.2, 0) is 4.74 Å². The molecule has 0 aromatic carbocycles. The average molecular weight is 213 g/mol. The van der Waals surface area contributed by atoms with Gasteiger partial charge in [0.15, 0.2) is 0 Å². The second-order valence-electron chi connectivity index (χ2n) is 4.13. The monoisotopic (exact) mass is 213 g/mol. The highest BCUT2D eigenvalue weighted by atomic mass is 16.5. The van der Waals surface area contributed by atoms with E-state index in [1.165, 1.54) is 0 Å². The van der Waals surface area contributed by atoms with Gasteiger partial charge in [0.2, 0.25) is 0 Å². The maximum atomic E-state index is 5.88. The molecule has 2 heteroatoms. The van der Waals surface area contributed by atoms with Crippen LogP contribution in [0.15, 0.2) is 12.7 Å². The van der Waals surface area contributed by atoms with Crippen LogP contribution < -0.4 is 5.32 Å². The highest BCUT2D eigenvalue weighted by Gasteiger charge is 2.31. The van der Waals surface area contributed by atoms with Crippen molar-refractivity contribution in [2.45, 2.75) is 58.6 Å². The van der Waals surface area contributed by atoms with E-state index in [9.17, 15) is 0 Å². The quantitative estimate of drug-likeness (QED) is 0.594. The van der Waals surface area contributed by atoms with Crippen molar-refractivity contribution in [2.75, 3.05) is 13.2 Å². The van der Waals surface area contributed by atoms with E-state index in [0.717, 1.165) is 32.4 Å². The fourth-order valence-corrected chi connectivity index (χ4v) is 1.81. The van der Waals surface area contributed by atoms with E-state index in [-0.39, 0.29) is 5.60 Å². The zero-order valence-corrected chi connectivity index (χ0v) is 10.8. The van der Waals surface area contributed by atoms with Gasteiger partial charge in [0.05, 0.1) is 5.60 Å². The van der Waals surface area contributed by atoms with E-state index in [1.807, 2.05) is 6.08 Å². The van der Waals surface area contributed by atoms with Crippen molar-refractivity contribution >= 4 is 0 Å². The lowest BCUT2D eigenvalue weighted by Gasteiger charge is -2.37. The molecule has 0 bridgehead atoms. The molecule has 2 nitrogen and oxygen atoms in total. The molecule has 0 aromatic heterocycles. The zero-order valence-electron chi connectivity index (χ0n) is 10.8. The normalized spacial score (nSPS) is 17.1. The summed E-state index contributed by atoms with van der Waals surface area (Å²) in [4.78, 5) is 0. The molecule has 1 N–H and O–H groups in total. The molecule has 0 spiro atoms. The predicted molar refractivity (Wildman–Crippen MR) is 67.2 cm³/mol. The lowest BCUT2D eigenvalue weighted by atomic mass is 9.90. The lowest BCUT2D eigenvalue weighted by molar-refractivity contribution is -0.0543. The molecular weight excluding hydrogens is 186 g/mol. The Morgan fingerprint density at radius 3 is 2.47 bits per heavy atom. The van der Waals surface area contributed by atoms with Gasteiger partial charge in [0, 0.05) is 12.6 Å². The molecule has 0 amide bonds. The number of hydrogen-bond donors (Lipinski definition) is 1. The van der Waals surface area contributed by atoms with Crippen LogP contribution in [0, 0.1) is 0 Å².